The first-order valence-corrected chi connectivity index (χ1v) is 10.1. The third kappa shape index (κ3) is 4.01. The smallest absolute Gasteiger partial charge is 0.222 e. The van der Waals surface area contributed by atoms with Gasteiger partial charge in [-0.15, -0.1) is 0 Å². The summed E-state index contributed by atoms with van der Waals surface area (Å²) >= 11 is 0. The Kier molecular flexibility index (Phi) is 5.45. The van der Waals surface area contributed by atoms with Crippen LogP contribution in [0.5, 0.6) is 0 Å². The van der Waals surface area contributed by atoms with Gasteiger partial charge in [0.25, 0.3) is 0 Å². The summed E-state index contributed by atoms with van der Waals surface area (Å²) in [6.07, 6.45) is 4.99. The SMILES string of the molecule is CCc1nc2ccccc2n1CCC(=O)N[C@H]1CCOC2(CCOCC2)C1. The number of fused-ring (bicyclic) bond motifs is 1. The van der Waals surface area contributed by atoms with Gasteiger partial charge < -0.3 is 19.4 Å². The lowest BCUT2D eigenvalue weighted by molar-refractivity contribution is -0.144. The molecular formula is C21H29N3O3. The minimum atomic E-state index is -0.0929. The van der Waals surface area contributed by atoms with Gasteiger partial charge in [-0.3, -0.25) is 4.79 Å². The van der Waals surface area contributed by atoms with Gasteiger partial charge in [0.15, 0.2) is 0 Å². The van der Waals surface area contributed by atoms with Crippen molar-refractivity contribution in [3.8, 4) is 0 Å². The molecule has 0 aliphatic carbocycles. The maximum Gasteiger partial charge on any atom is 0.222 e. The van der Waals surface area contributed by atoms with Crippen molar-refractivity contribution in [3.63, 3.8) is 0 Å². The number of ether oxygens (including phenoxy) is 2. The van der Waals surface area contributed by atoms with E-state index < -0.39 is 0 Å². The fourth-order valence-corrected chi connectivity index (χ4v) is 4.40. The molecule has 1 spiro atoms. The number of carbonyl (C=O) groups excluding carboxylic acids is 1. The Hall–Kier alpha value is -1.92. The Morgan fingerprint density at radius 2 is 2.11 bits per heavy atom. The van der Waals surface area contributed by atoms with Crippen molar-refractivity contribution in [1.29, 1.82) is 0 Å². The first-order chi connectivity index (χ1) is 13.2. The normalized spacial score (nSPS) is 22.2. The Balaban J connectivity index is 1.36. The van der Waals surface area contributed by atoms with Gasteiger partial charge in [-0.2, -0.15) is 0 Å². The lowest BCUT2D eigenvalue weighted by Gasteiger charge is -2.43. The zero-order valence-electron chi connectivity index (χ0n) is 16.1. The molecule has 0 unspecified atom stereocenters. The van der Waals surface area contributed by atoms with Crippen LogP contribution in [0.1, 0.15) is 44.9 Å². The summed E-state index contributed by atoms with van der Waals surface area (Å²) in [5, 5.41) is 3.24. The molecule has 4 rings (SSSR count). The van der Waals surface area contributed by atoms with Crippen molar-refractivity contribution in [2.45, 2.75) is 63.6 Å². The second-order valence-electron chi connectivity index (χ2n) is 7.67. The molecular weight excluding hydrogens is 342 g/mol. The molecule has 27 heavy (non-hydrogen) atoms. The number of amides is 1. The zero-order chi connectivity index (χ0) is 18.7. The number of nitrogens with zero attached hydrogens (tertiary/aromatic N) is 2. The molecule has 1 atom stereocenters. The molecule has 1 aromatic carbocycles. The van der Waals surface area contributed by atoms with Gasteiger partial charge >= 0.3 is 0 Å². The topological polar surface area (TPSA) is 65.4 Å². The van der Waals surface area contributed by atoms with Crippen LogP contribution in [0.4, 0.5) is 0 Å². The number of imidazole rings is 1. The van der Waals surface area contributed by atoms with Gasteiger partial charge in [-0.05, 0) is 37.8 Å². The highest BCUT2D eigenvalue weighted by molar-refractivity contribution is 5.78. The van der Waals surface area contributed by atoms with Crippen LogP contribution < -0.4 is 5.32 Å². The third-order valence-corrected chi connectivity index (χ3v) is 5.87. The number of hydrogen-bond donors (Lipinski definition) is 1. The highest BCUT2D eigenvalue weighted by Crippen LogP contribution is 2.34. The van der Waals surface area contributed by atoms with Crippen LogP contribution in [0.25, 0.3) is 11.0 Å². The van der Waals surface area contributed by atoms with Crippen molar-refractivity contribution in [2.75, 3.05) is 19.8 Å². The molecule has 0 saturated carbocycles. The van der Waals surface area contributed by atoms with Crippen LogP contribution in [0.3, 0.4) is 0 Å². The lowest BCUT2D eigenvalue weighted by Crippen LogP contribution is -2.51. The third-order valence-electron chi connectivity index (χ3n) is 5.87. The van der Waals surface area contributed by atoms with Crippen molar-refractivity contribution < 1.29 is 14.3 Å². The summed E-state index contributed by atoms with van der Waals surface area (Å²) in [6.45, 7) is 5.00. The summed E-state index contributed by atoms with van der Waals surface area (Å²) in [5.74, 6) is 1.15. The monoisotopic (exact) mass is 371 g/mol. The van der Waals surface area contributed by atoms with Crippen LogP contribution in [0, 0.1) is 0 Å². The van der Waals surface area contributed by atoms with E-state index in [-0.39, 0.29) is 17.6 Å². The van der Waals surface area contributed by atoms with E-state index in [9.17, 15) is 4.79 Å². The Morgan fingerprint density at radius 1 is 1.30 bits per heavy atom. The summed E-state index contributed by atoms with van der Waals surface area (Å²) in [7, 11) is 0. The molecule has 2 saturated heterocycles. The zero-order valence-corrected chi connectivity index (χ0v) is 16.1. The van der Waals surface area contributed by atoms with Crippen LogP contribution in [0.2, 0.25) is 0 Å². The second-order valence-corrected chi connectivity index (χ2v) is 7.67. The van der Waals surface area contributed by atoms with E-state index in [1.807, 2.05) is 18.2 Å². The average molecular weight is 371 g/mol. The van der Waals surface area contributed by atoms with Gasteiger partial charge in [-0.1, -0.05) is 19.1 Å². The van der Waals surface area contributed by atoms with Crippen molar-refractivity contribution in [3.05, 3.63) is 30.1 Å². The van der Waals surface area contributed by atoms with E-state index in [2.05, 4.69) is 27.9 Å². The number of benzene rings is 1. The fourth-order valence-electron chi connectivity index (χ4n) is 4.40. The van der Waals surface area contributed by atoms with E-state index in [1.54, 1.807) is 0 Å². The van der Waals surface area contributed by atoms with E-state index in [0.717, 1.165) is 68.8 Å². The van der Waals surface area contributed by atoms with E-state index in [0.29, 0.717) is 13.0 Å². The number of aromatic nitrogens is 2. The number of aryl methyl sites for hydroxylation is 2. The molecule has 1 aromatic heterocycles. The van der Waals surface area contributed by atoms with Gasteiger partial charge in [-0.25, -0.2) is 4.98 Å². The minimum absolute atomic E-state index is 0.0929. The fraction of sp³-hybridized carbons (Fsp3) is 0.619. The molecule has 146 valence electrons. The highest BCUT2D eigenvalue weighted by Gasteiger charge is 2.39. The molecule has 1 N–H and O–H groups in total. The summed E-state index contributed by atoms with van der Waals surface area (Å²) in [5.41, 5.74) is 2.01. The number of rotatable bonds is 5. The van der Waals surface area contributed by atoms with Crippen molar-refractivity contribution in [2.24, 2.45) is 0 Å². The van der Waals surface area contributed by atoms with Gasteiger partial charge in [0.1, 0.15) is 5.82 Å². The Bertz CT molecular complexity index is 790. The molecule has 6 nitrogen and oxygen atoms in total. The molecule has 0 bridgehead atoms. The van der Waals surface area contributed by atoms with Crippen molar-refractivity contribution >= 4 is 16.9 Å². The maximum atomic E-state index is 12.6. The number of para-hydroxylation sites is 2. The summed E-state index contributed by atoms with van der Waals surface area (Å²) in [4.78, 5) is 17.3. The van der Waals surface area contributed by atoms with Gasteiger partial charge in [0, 0.05) is 45.2 Å². The Morgan fingerprint density at radius 3 is 2.93 bits per heavy atom. The standard InChI is InChI=1S/C21H29N3O3/c1-2-19-23-17-5-3-4-6-18(17)24(19)11-7-20(25)22-16-8-12-27-21(15-16)9-13-26-14-10-21/h3-6,16H,2,7-15H2,1H3,(H,22,25)/t16-/m0/s1. The van der Waals surface area contributed by atoms with Crippen LogP contribution in [-0.2, 0) is 27.2 Å². The molecule has 2 aliphatic rings. The number of nitrogens with one attached hydrogen (secondary N) is 1. The first-order valence-electron chi connectivity index (χ1n) is 10.1. The summed E-state index contributed by atoms with van der Waals surface area (Å²) in [6, 6.07) is 8.33. The minimum Gasteiger partial charge on any atom is -0.381 e. The largest absolute Gasteiger partial charge is 0.381 e. The maximum absolute atomic E-state index is 12.6. The number of carbonyl (C=O) groups is 1. The molecule has 2 fully saturated rings. The number of hydrogen-bond acceptors (Lipinski definition) is 4. The summed E-state index contributed by atoms with van der Waals surface area (Å²) < 4.78 is 13.7. The molecule has 3 heterocycles. The quantitative estimate of drug-likeness (QED) is 0.878. The van der Waals surface area contributed by atoms with Crippen LogP contribution >= 0.6 is 0 Å². The highest BCUT2D eigenvalue weighted by atomic mass is 16.5. The molecule has 2 aliphatic heterocycles. The predicted octanol–water partition coefficient (Wildman–Crippen LogP) is 2.83. The second kappa shape index (κ2) is 7.98. The lowest BCUT2D eigenvalue weighted by atomic mass is 9.84. The molecule has 6 heteroatoms. The van der Waals surface area contributed by atoms with Crippen LogP contribution in [0.15, 0.2) is 24.3 Å². The molecule has 0 radical (unpaired) electrons. The molecule has 1 amide bonds. The van der Waals surface area contributed by atoms with E-state index >= 15 is 0 Å². The molecule has 2 aromatic rings. The van der Waals surface area contributed by atoms with E-state index in [4.69, 9.17) is 9.47 Å². The van der Waals surface area contributed by atoms with Crippen LogP contribution in [-0.4, -0.2) is 46.9 Å². The van der Waals surface area contributed by atoms with Gasteiger partial charge in [0.2, 0.25) is 5.91 Å². The van der Waals surface area contributed by atoms with Crippen molar-refractivity contribution in [1.82, 2.24) is 14.9 Å². The first kappa shape index (κ1) is 18.4. The predicted molar refractivity (Wildman–Crippen MR) is 104 cm³/mol. The van der Waals surface area contributed by atoms with Gasteiger partial charge in [0.05, 0.1) is 16.6 Å². The average Bonchev–Trinajstić information content (AvgIpc) is 3.05. The Labute approximate surface area is 160 Å². The van der Waals surface area contributed by atoms with E-state index in [1.165, 1.54) is 0 Å².